The van der Waals surface area contributed by atoms with E-state index < -0.39 is 17.9 Å². The molecule has 0 radical (unpaired) electrons. The van der Waals surface area contributed by atoms with E-state index in [1.165, 1.54) is 36.4 Å². The second-order valence-electron chi connectivity index (χ2n) is 9.10. The SMILES string of the molecule is CC(C)CC(NC(=O)c1cccc(-c2c3ccc(=O)cc-3oc3cc(O)ccc23)c1C(=O)O)C(=O)CCl. The Morgan fingerprint density at radius 2 is 1.78 bits per heavy atom. The highest BCUT2D eigenvalue weighted by Gasteiger charge is 2.28. The first-order valence-electron chi connectivity index (χ1n) is 11.6. The van der Waals surface area contributed by atoms with Crippen LogP contribution in [0.15, 0.2) is 63.8 Å². The molecule has 2 aromatic carbocycles. The number of aromatic carboxylic acids is 1. The maximum absolute atomic E-state index is 13.3. The zero-order valence-electron chi connectivity index (χ0n) is 20.1. The molecule has 2 aromatic rings. The maximum Gasteiger partial charge on any atom is 0.337 e. The summed E-state index contributed by atoms with van der Waals surface area (Å²) in [4.78, 5) is 50.3. The number of carboxylic acid groups (broad SMARTS) is 1. The number of carbonyl (C=O) groups excluding carboxylic acids is 2. The molecule has 1 heterocycles. The summed E-state index contributed by atoms with van der Waals surface area (Å²) in [7, 11) is 0. The Labute approximate surface area is 216 Å². The van der Waals surface area contributed by atoms with E-state index in [0.29, 0.717) is 22.9 Å². The highest BCUT2D eigenvalue weighted by Crippen LogP contribution is 2.42. The molecule has 37 heavy (non-hydrogen) atoms. The molecular formula is C28H24ClNO7. The van der Waals surface area contributed by atoms with Crippen molar-refractivity contribution in [3.8, 4) is 28.2 Å². The van der Waals surface area contributed by atoms with Gasteiger partial charge < -0.3 is 19.9 Å². The quantitative estimate of drug-likeness (QED) is 0.221. The fraction of sp³-hybridized carbons (Fsp3) is 0.214. The van der Waals surface area contributed by atoms with E-state index in [1.54, 1.807) is 18.2 Å². The highest BCUT2D eigenvalue weighted by atomic mass is 35.5. The zero-order chi connectivity index (χ0) is 26.9. The largest absolute Gasteiger partial charge is 0.508 e. The lowest BCUT2D eigenvalue weighted by molar-refractivity contribution is -0.118. The summed E-state index contributed by atoms with van der Waals surface area (Å²) < 4.78 is 5.84. The van der Waals surface area contributed by atoms with Crippen LogP contribution in [0, 0.1) is 5.92 Å². The Morgan fingerprint density at radius 3 is 2.46 bits per heavy atom. The van der Waals surface area contributed by atoms with E-state index in [0.717, 1.165) is 0 Å². The van der Waals surface area contributed by atoms with Gasteiger partial charge in [0.05, 0.1) is 23.0 Å². The van der Waals surface area contributed by atoms with Gasteiger partial charge in [-0.15, -0.1) is 11.6 Å². The lowest BCUT2D eigenvalue weighted by Crippen LogP contribution is -2.42. The summed E-state index contributed by atoms with van der Waals surface area (Å²) in [6, 6.07) is 12.1. The van der Waals surface area contributed by atoms with Crippen LogP contribution in [-0.4, -0.2) is 39.8 Å². The van der Waals surface area contributed by atoms with Gasteiger partial charge in [0, 0.05) is 28.6 Å². The number of carbonyl (C=O) groups is 3. The summed E-state index contributed by atoms with van der Waals surface area (Å²) in [5.74, 6) is -2.54. The molecule has 1 amide bonds. The number of aromatic hydroxyl groups is 1. The molecule has 2 aliphatic rings. The molecule has 190 valence electrons. The predicted octanol–water partition coefficient (Wildman–Crippen LogP) is 4.92. The number of phenolic OH excluding ortho intramolecular Hbond substituents is 1. The Hall–Kier alpha value is -4.17. The first kappa shape index (κ1) is 25.9. The van der Waals surface area contributed by atoms with Gasteiger partial charge in [-0.3, -0.25) is 14.4 Å². The summed E-state index contributed by atoms with van der Waals surface area (Å²) >= 11 is 5.74. The maximum atomic E-state index is 13.3. The Bertz CT molecular complexity index is 1560. The zero-order valence-corrected chi connectivity index (χ0v) is 20.8. The van der Waals surface area contributed by atoms with Crippen LogP contribution in [0.3, 0.4) is 0 Å². The van der Waals surface area contributed by atoms with Crippen LogP contribution in [0.4, 0.5) is 0 Å². The Balaban J connectivity index is 1.96. The van der Waals surface area contributed by atoms with Crippen LogP contribution in [-0.2, 0) is 4.79 Å². The summed E-state index contributed by atoms with van der Waals surface area (Å²) in [5, 5.41) is 23.3. The molecule has 0 fully saturated rings. The Morgan fingerprint density at radius 1 is 1.03 bits per heavy atom. The molecule has 1 aliphatic heterocycles. The third kappa shape index (κ3) is 5.20. The molecule has 9 heteroatoms. The fourth-order valence-corrected chi connectivity index (χ4v) is 4.59. The van der Waals surface area contributed by atoms with Crippen molar-refractivity contribution >= 4 is 40.2 Å². The third-order valence-electron chi connectivity index (χ3n) is 6.00. The minimum absolute atomic E-state index is 0.0773. The van der Waals surface area contributed by atoms with Gasteiger partial charge in [-0.1, -0.05) is 26.0 Å². The second kappa shape index (κ2) is 10.4. The number of amides is 1. The van der Waals surface area contributed by atoms with Gasteiger partial charge in [-0.25, -0.2) is 4.79 Å². The van der Waals surface area contributed by atoms with Crippen LogP contribution in [0.25, 0.3) is 33.4 Å². The van der Waals surface area contributed by atoms with E-state index in [4.69, 9.17) is 16.0 Å². The number of Topliss-reactive ketones (excluding diaryl/α,β-unsaturated/α-hetero) is 1. The number of benzene rings is 3. The van der Waals surface area contributed by atoms with Crippen molar-refractivity contribution in [1.29, 1.82) is 0 Å². The van der Waals surface area contributed by atoms with E-state index in [2.05, 4.69) is 5.32 Å². The molecule has 1 unspecified atom stereocenters. The molecule has 8 nitrogen and oxygen atoms in total. The predicted molar refractivity (Wildman–Crippen MR) is 140 cm³/mol. The summed E-state index contributed by atoms with van der Waals surface area (Å²) in [6.45, 7) is 3.79. The number of carboxylic acids is 1. The van der Waals surface area contributed by atoms with Gasteiger partial charge in [-0.05, 0) is 48.2 Å². The van der Waals surface area contributed by atoms with Crippen molar-refractivity contribution in [3.63, 3.8) is 0 Å². The third-order valence-corrected chi connectivity index (χ3v) is 6.27. The van der Waals surface area contributed by atoms with Crippen LogP contribution in [0.2, 0.25) is 0 Å². The fourth-order valence-electron chi connectivity index (χ4n) is 4.40. The number of fused-ring (bicyclic) bond motifs is 2. The topological polar surface area (TPSA) is 134 Å². The molecule has 0 bridgehead atoms. The first-order chi connectivity index (χ1) is 17.6. The van der Waals surface area contributed by atoms with E-state index in [9.17, 15) is 29.4 Å². The number of phenols is 1. The standard InChI is InChI=1S/C28H24ClNO7/c1-14(2)10-21(22(33)13-29)30-27(34)20-5-3-4-19(26(20)28(35)36)25-17-8-6-15(31)11-23(17)37-24-12-16(32)7-9-18(24)25/h3-9,11-12,14,21,31H,10,13H2,1-2H3,(H,30,34)(H,35,36). The van der Waals surface area contributed by atoms with Gasteiger partial charge in [-0.2, -0.15) is 0 Å². The normalized spacial score (nSPS) is 12.1. The van der Waals surface area contributed by atoms with Crippen LogP contribution >= 0.6 is 11.6 Å². The average molecular weight is 522 g/mol. The van der Waals surface area contributed by atoms with Crippen molar-refractivity contribution < 1.29 is 29.0 Å². The van der Waals surface area contributed by atoms with Gasteiger partial charge in [0.25, 0.3) is 5.91 Å². The number of halogens is 1. The summed E-state index contributed by atoms with van der Waals surface area (Å²) in [5.41, 5.74) is 0.570. The molecule has 1 atom stereocenters. The molecule has 0 spiro atoms. The lowest BCUT2D eigenvalue weighted by Gasteiger charge is -2.21. The van der Waals surface area contributed by atoms with E-state index in [-0.39, 0.29) is 56.8 Å². The van der Waals surface area contributed by atoms with Crippen LogP contribution in [0.1, 0.15) is 41.0 Å². The van der Waals surface area contributed by atoms with Crippen molar-refractivity contribution in [2.45, 2.75) is 26.3 Å². The van der Waals surface area contributed by atoms with Gasteiger partial charge in [0.2, 0.25) is 0 Å². The molecule has 3 N–H and O–H groups in total. The monoisotopic (exact) mass is 521 g/mol. The van der Waals surface area contributed by atoms with Gasteiger partial charge in [0.15, 0.2) is 11.2 Å². The average Bonchev–Trinajstić information content (AvgIpc) is 2.85. The van der Waals surface area contributed by atoms with Crippen molar-refractivity contribution in [2.24, 2.45) is 5.92 Å². The second-order valence-corrected chi connectivity index (χ2v) is 9.37. The van der Waals surface area contributed by atoms with E-state index in [1.807, 2.05) is 13.8 Å². The Kier molecular flexibility index (Phi) is 7.31. The van der Waals surface area contributed by atoms with Crippen LogP contribution in [0.5, 0.6) is 5.75 Å². The number of rotatable bonds is 8. The summed E-state index contributed by atoms with van der Waals surface area (Å²) in [6.07, 6.45) is 0.343. The molecule has 4 rings (SSSR count). The van der Waals surface area contributed by atoms with Crippen molar-refractivity contribution in [2.75, 3.05) is 5.88 Å². The number of hydrogen-bond acceptors (Lipinski definition) is 6. The molecule has 0 saturated carbocycles. The molecule has 0 saturated heterocycles. The van der Waals surface area contributed by atoms with Crippen molar-refractivity contribution in [1.82, 2.24) is 5.32 Å². The minimum atomic E-state index is -1.36. The number of hydrogen-bond donors (Lipinski definition) is 3. The lowest BCUT2D eigenvalue weighted by atomic mass is 9.88. The van der Waals surface area contributed by atoms with Gasteiger partial charge in [0.1, 0.15) is 17.1 Å². The molecule has 1 aliphatic carbocycles. The van der Waals surface area contributed by atoms with Gasteiger partial charge >= 0.3 is 5.97 Å². The number of nitrogens with one attached hydrogen (secondary N) is 1. The number of alkyl halides is 1. The van der Waals surface area contributed by atoms with E-state index >= 15 is 0 Å². The minimum Gasteiger partial charge on any atom is -0.508 e. The molecule has 0 aromatic heterocycles. The van der Waals surface area contributed by atoms with Crippen molar-refractivity contribution in [3.05, 3.63) is 75.9 Å². The number of ketones is 1. The molecular weight excluding hydrogens is 498 g/mol. The first-order valence-corrected chi connectivity index (χ1v) is 12.1. The highest BCUT2D eigenvalue weighted by molar-refractivity contribution is 6.28. The van der Waals surface area contributed by atoms with Crippen LogP contribution < -0.4 is 10.7 Å². The smallest absolute Gasteiger partial charge is 0.337 e.